The van der Waals surface area contributed by atoms with Crippen molar-refractivity contribution in [3.05, 3.63) is 42.4 Å². The lowest BCUT2D eigenvalue weighted by atomic mass is 10.2. The quantitative estimate of drug-likeness (QED) is 0.564. The summed E-state index contributed by atoms with van der Waals surface area (Å²) >= 11 is 1.22. The van der Waals surface area contributed by atoms with E-state index >= 15 is 0 Å². The highest BCUT2D eigenvalue weighted by atomic mass is 32.2. The average molecular weight is 436 g/mol. The smallest absolute Gasteiger partial charge is 0.293 e. The summed E-state index contributed by atoms with van der Waals surface area (Å²) in [5.41, 5.74) is 0.628. The normalized spacial score (nSPS) is 12.4. The first-order chi connectivity index (χ1) is 13.7. The number of nitrogens with zero attached hydrogens (tertiary/aromatic N) is 2. The van der Waals surface area contributed by atoms with Crippen LogP contribution in [0, 0.1) is 11.8 Å². The van der Waals surface area contributed by atoms with Crippen LogP contribution in [-0.2, 0) is 10.0 Å². The number of amides is 1. The molecule has 2 heterocycles. The van der Waals surface area contributed by atoms with Gasteiger partial charge in [0.05, 0.1) is 21.4 Å². The average Bonchev–Trinajstić information content (AvgIpc) is 3.29. The molecule has 3 rings (SSSR count). The second kappa shape index (κ2) is 8.64. The van der Waals surface area contributed by atoms with E-state index in [-0.39, 0.29) is 22.5 Å². The Morgan fingerprint density at radius 1 is 1.17 bits per heavy atom. The molecule has 0 saturated heterocycles. The molecular formula is C20H25N3O4S2. The van der Waals surface area contributed by atoms with E-state index in [9.17, 15) is 13.2 Å². The highest BCUT2D eigenvalue weighted by Crippen LogP contribution is 2.30. The summed E-state index contributed by atoms with van der Waals surface area (Å²) in [6.45, 7) is 8.94. The number of nitrogens with one attached hydrogen (secondary N) is 1. The predicted molar refractivity (Wildman–Crippen MR) is 115 cm³/mol. The molecule has 0 unspecified atom stereocenters. The van der Waals surface area contributed by atoms with Gasteiger partial charge in [0.15, 0.2) is 10.9 Å². The fourth-order valence-corrected chi connectivity index (χ4v) is 5.69. The first-order valence-corrected chi connectivity index (χ1v) is 11.7. The minimum absolute atomic E-state index is 0.186. The molecular weight excluding hydrogens is 410 g/mol. The zero-order valence-electron chi connectivity index (χ0n) is 16.9. The van der Waals surface area contributed by atoms with E-state index in [0.29, 0.717) is 28.4 Å². The number of rotatable bonds is 8. The van der Waals surface area contributed by atoms with Gasteiger partial charge in [-0.25, -0.2) is 13.4 Å². The number of hydrogen-bond acceptors (Lipinski definition) is 6. The number of furan rings is 1. The van der Waals surface area contributed by atoms with Crippen LogP contribution in [-0.4, -0.2) is 36.7 Å². The largest absolute Gasteiger partial charge is 0.459 e. The summed E-state index contributed by atoms with van der Waals surface area (Å²) < 4.78 is 33.7. The second-order valence-corrected chi connectivity index (χ2v) is 10.7. The number of hydrogen-bond donors (Lipinski definition) is 1. The van der Waals surface area contributed by atoms with Crippen LogP contribution in [0.15, 0.2) is 45.9 Å². The molecule has 9 heteroatoms. The highest BCUT2D eigenvalue weighted by Gasteiger charge is 2.26. The molecule has 1 amide bonds. The van der Waals surface area contributed by atoms with Gasteiger partial charge in [-0.05, 0) is 42.2 Å². The lowest BCUT2D eigenvalue weighted by Crippen LogP contribution is -2.37. The lowest BCUT2D eigenvalue weighted by molar-refractivity contribution is 0.0996. The summed E-state index contributed by atoms with van der Waals surface area (Å²) in [5.74, 6) is 0.227. The topological polar surface area (TPSA) is 92.5 Å². The Kier molecular flexibility index (Phi) is 6.40. The van der Waals surface area contributed by atoms with E-state index in [1.54, 1.807) is 34.6 Å². The molecule has 3 aromatic rings. The van der Waals surface area contributed by atoms with E-state index in [4.69, 9.17) is 4.42 Å². The number of carbonyl (C=O) groups excluding carboxylic acids is 1. The Morgan fingerprint density at radius 2 is 1.86 bits per heavy atom. The van der Waals surface area contributed by atoms with Crippen molar-refractivity contribution in [3.63, 3.8) is 0 Å². The summed E-state index contributed by atoms with van der Waals surface area (Å²) in [6, 6.07) is 8.06. The molecule has 0 aliphatic rings. The number of thiazole rings is 1. The van der Waals surface area contributed by atoms with Crippen molar-refractivity contribution in [1.82, 2.24) is 9.29 Å². The molecule has 0 fully saturated rings. The van der Waals surface area contributed by atoms with Gasteiger partial charge < -0.3 is 4.42 Å². The number of sulfonamides is 1. The van der Waals surface area contributed by atoms with Crippen molar-refractivity contribution in [2.75, 3.05) is 18.4 Å². The van der Waals surface area contributed by atoms with E-state index in [1.807, 2.05) is 27.7 Å². The molecule has 2 aromatic heterocycles. The van der Waals surface area contributed by atoms with Gasteiger partial charge in [-0.3, -0.25) is 10.1 Å². The summed E-state index contributed by atoms with van der Waals surface area (Å²) in [4.78, 5) is 16.7. The van der Waals surface area contributed by atoms with Crippen LogP contribution in [0.25, 0.3) is 10.2 Å². The second-order valence-electron chi connectivity index (χ2n) is 7.69. The number of anilines is 1. The van der Waals surface area contributed by atoms with Crippen LogP contribution >= 0.6 is 11.3 Å². The van der Waals surface area contributed by atoms with E-state index < -0.39 is 15.9 Å². The third-order valence-electron chi connectivity index (χ3n) is 4.10. The van der Waals surface area contributed by atoms with Crippen molar-refractivity contribution >= 4 is 42.6 Å². The van der Waals surface area contributed by atoms with Crippen LogP contribution in [0.1, 0.15) is 38.2 Å². The Balaban J connectivity index is 1.88. The SMILES string of the molecule is CC(C)CN(CC(C)C)S(=O)(=O)c1ccc2nc(NC(=O)c3ccco3)sc2c1. The zero-order valence-corrected chi connectivity index (χ0v) is 18.5. The van der Waals surface area contributed by atoms with Gasteiger partial charge in [0.25, 0.3) is 5.91 Å². The fraction of sp³-hybridized carbons (Fsp3) is 0.400. The van der Waals surface area contributed by atoms with Crippen molar-refractivity contribution in [1.29, 1.82) is 0 Å². The summed E-state index contributed by atoms with van der Waals surface area (Å²) in [6.07, 6.45) is 1.42. The lowest BCUT2D eigenvalue weighted by Gasteiger charge is -2.25. The van der Waals surface area contributed by atoms with Crippen LogP contribution in [0.3, 0.4) is 0 Å². The number of fused-ring (bicyclic) bond motifs is 1. The molecule has 0 atom stereocenters. The molecule has 156 valence electrons. The maximum Gasteiger partial charge on any atom is 0.293 e. The van der Waals surface area contributed by atoms with Gasteiger partial charge >= 0.3 is 0 Å². The third kappa shape index (κ3) is 5.04. The van der Waals surface area contributed by atoms with Gasteiger partial charge in [-0.15, -0.1) is 0 Å². The Morgan fingerprint density at radius 3 is 2.45 bits per heavy atom. The molecule has 0 aliphatic heterocycles. The van der Waals surface area contributed by atoms with Crippen molar-refractivity contribution < 1.29 is 17.6 Å². The maximum atomic E-state index is 13.2. The molecule has 0 bridgehead atoms. The first-order valence-electron chi connectivity index (χ1n) is 9.42. The molecule has 0 saturated carbocycles. The first kappa shape index (κ1) is 21.5. The molecule has 7 nitrogen and oxygen atoms in total. The number of aromatic nitrogens is 1. The number of benzene rings is 1. The zero-order chi connectivity index (χ0) is 21.2. The van der Waals surface area contributed by atoms with Gasteiger partial charge in [-0.1, -0.05) is 39.0 Å². The van der Waals surface area contributed by atoms with Crippen LogP contribution < -0.4 is 5.32 Å². The maximum absolute atomic E-state index is 13.2. The van der Waals surface area contributed by atoms with Gasteiger partial charge in [-0.2, -0.15) is 4.31 Å². The van der Waals surface area contributed by atoms with E-state index in [0.717, 1.165) is 0 Å². The standard InChI is InChI=1S/C20H25N3O4S2/c1-13(2)11-23(12-14(3)4)29(25,26)15-7-8-16-18(10-15)28-20(21-16)22-19(24)17-6-5-9-27-17/h5-10,13-14H,11-12H2,1-4H3,(H,21,22,24). The summed E-state index contributed by atoms with van der Waals surface area (Å²) in [7, 11) is -3.62. The minimum Gasteiger partial charge on any atom is -0.459 e. The number of carbonyl (C=O) groups is 1. The molecule has 29 heavy (non-hydrogen) atoms. The molecule has 1 N–H and O–H groups in total. The minimum atomic E-state index is -3.62. The summed E-state index contributed by atoms with van der Waals surface area (Å²) in [5, 5.41) is 3.07. The fourth-order valence-electron chi connectivity index (χ4n) is 2.92. The van der Waals surface area contributed by atoms with E-state index in [1.165, 1.54) is 17.6 Å². The van der Waals surface area contributed by atoms with Gasteiger partial charge in [0.2, 0.25) is 10.0 Å². The van der Waals surface area contributed by atoms with E-state index in [2.05, 4.69) is 10.3 Å². The monoisotopic (exact) mass is 435 g/mol. The van der Waals surface area contributed by atoms with Crippen LogP contribution in [0.4, 0.5) is 5.13 Å². The Bertz CT molecular complexity index is 1080. The highest BCUT2D eigenvalue weighted by molar-refractivity contribution is 7.89. The Hall–Kier alpha value is -2.23. The Labute approximate surface area is 174 Å². The van der Waals surface area contributed by atoms with Crippen molar-refractivity contribution in [2.24, 2.45) is 11.8 Å². The predicted octanol–water partition coefficient (Wildman–Crippen LogP) is 4.44. The van der Waals surface area contributed by atoms with Gasteiger partial charge in [0, 0.05) is 13.1 Å². The van der Waals surface area contributed by atoms with Crippen LogP contribution in [0.2, 0.25) is 0 Å². The molecule has 0 aliphatic carbocycles. The van der Waals surface area contributed by atoms with Crippen LogP contribution in [0.5, 0.6) is 0 Å². The van der Waals surface area contributed by atoms with Crippen molar-refractivity contribution in [3.8, 4) is 0 Å². The van der Waals surface area contributed by atoms with Crippen molar-refractivity contribution in [2.45, 2.75) is 32.6 Å². The molecule has 0 radical (unpaired) electrons. The molecule has 1 aromatic carbocycles. The molecule has 0 spiro atoms. The van der Waals surface area contributed by atoms with Gasteiger partial charge in [0.1, 0.15) is 0 Å². The third-order valence-corrected chi connectivity index (χ3v) is 6.86.